The molecule has 0 radical (unpaired) electrons. The normalized spacial score (nSPS) is 23.6. The molecule has 1 aromatic heterocycles. The van der Waals surface area contributed by atoms with E-state index in [0.717, 1.165) is 22.7 Å². The van der Waals surface area contributed by atoms with Crippen LogP contribution in [0.1, 0.15) is 36.3 Å². The van der Waals surface area contributed by atoms with Gasteiger partial charge >= 0.3 is 0 Å². The molecule has 2 fully saturated rings. The first-order chi connectivity index (χ1) is 30.6. The molecule has 6 atom stereocenters. The number of hydrogen-bond donors (Lipinski definition) is 2. The Labute approximate surface area is 365 Å². The highest BCUT2D eigenvalue weighted by molar-refractivity contribution is 7.88. The summed E-state index contributed by atoms with van der Waals surface area (Å²) in [7, 11) is -5.31. The standard InChI is InChI=1S/C40H37F9N8O6S2/c1-55(2)65(60,61)54-32-17-57(15-30(32)49)36-13-34(63-52-36)40-23(38-26(45)9-20(42)10-27(38)46)11-28(47)39(50-40)18-6-24(43)37(25(44)7-18)22-8-19(41)4-5-21(22)33-12-35(51-62-33)56-14-29(48)31(16-56)53-64(3,58)59/h4-11,29-34,53-54H,12-17H2,1-3H3/t29-,30-,31+,32+,33?,34?/m0/s1. The first-order valence-corrected chi connectivity index (χ1v) is 22.9. The molecule has 2 N–H and O–H groups in total. The van der Waals surface area contributed by atoms with Crippen LogP contribution >= 0.6 is 0 Å². The number of rotatable bonds is 10. The second-order valence-corrected chi connectivity index (χ2v) is 19.7. The number of sulfonamides is 1. The number of aromatic nitrogens is 1. The lowest BCUT2D eigenvalue weighted by molar-refractivity contribution is 0.0828. The van der Waals surface area contributed by atoms with Gasteiger partial charge in [-0.15, -0.1) is 0 Å². The summed E-state index contributed by atoms with van der Waals surface area (Å²) in [6.45, 7) is -0.920. The molecule has 2 unspecified atom stereocenters. The first-order valence-electron chi connectivity index (χ1n) is 19.6. The Morgan fingerprint density at radius 1 is 0.646 bits per heavy atom. The van der Waals surface area contributed by atoms with Crippen LogP contribution in [-0.4, -0.2) is 119 Å². The van der Waals surface area contributed by atoms with E-state index in [1.165, 1.54) is 30.0 Å². The Balaban J connectivity index is 1.10. The number of nitrogens with one attached hydrogen (secondary N) is 2. The van der Waals surface area contributed by atoms with Crippen molar-refractivity contribution in [1.82, 2.24) is 28.5 Å². The van der Waals surface area contributed by atoms with Gasteiger partial charge in [0, 0.05) is 56.0 Å². The molecule has 0 saturated carbocycles. The summed E-state index contributed by atoms with van der Waals surface area (Å²) >= 11 is 0. The van der Waals surface area contributed by atoms with Crippen LogP contribution in [0.5, 0.6) is 0 Å². The molecule has 2 saturated heterocycles. The summed E-state index contributed by atoms with van der Waals surface area (Å²) in [4.78, 5) is 18.1. The van der Waals surface area contributed by atoms with Gasteiger partial charge in [0.25, 0.3) is 10.2 Å². The Bertz CT molecular complexity index is 2810. The fraction of sp³-hybridized carbons (Fsp3) is 0.375. The first kappa shape index (κ1) is 46.0. The summed E-state index contributed by atoms with van der Waals surface area (Å²) in [5.74, 6) is -8.96. The van der Waals surface area contributed by atoms with Crippen molar-refractivity contribution < 1.29 is 66.0 Å². The Morgan fingerprint density at radius 2 is 1.17 bits per heavy atom. The zero-order valence-corrected chi connectivity index (χ0v) is 35.8. The maximum atomic E-state index is 16.3. The van der Waals surface area contributed by atoms with E-state index in [-0.39, 0.29) is 61.8 Å². The molecule has 0 amide bonds. The predicted octanol–water partition coefficient (Wildman–Crippen LogP) is 5.60. The molecule has 348 valence electrons. The number of pyridine rings is 1. The van der Waals surface area contributed by atoms with E-state index >= 15 is 26.3 Å². The van der Waals surface area contributed by atoms with Gasteiger partial charge in [-0.1, -0.05) is 16.4 Å². The third-order valence-electron chi connectivity index (χ3n) is 11.2. The minimum absolute atomic E-state index is 0.0409. The van der Waals surface area contributed by atoms with E-state index in [1.54, 1.807) is 0 Å². The van der Waals surface area contributed by atoms with Gasteiger partial charge in [-0.2, -0.15) is 17.4 Å². The molecule has 0 bridgehead atoms. The summed E-state index contributed by atoms with van der Waals surface area (Å²) in [6, 6.07) is 3.36. The molecular formula is C40H37F9N8O6S2. The Kier molecular flexibility index (Phi) is 12.3. The number of hydrogen-bond acceptors (Lipinski definition) is 11. The minimum Gasteiger partial charge on any atom is -0.386 e. The van der Waals surface area contributed by atoms with E-state index in [9.17, 15) is 30.0 Å². The number of oxime groups is 2. The van der Waals surface area contributed by atoms with Gasteiger partial charge in [0.1, 0.15) is 70.4 Å². The van der Waals surface area contributed by atoms with Crippen LogP contribution in [0.4, 0.5) is 39.5 Å². The Hall–Kier alpha value is -5.50. The molecule has 8 rings (SSSR count). The molecule has 4 aliphatic rings. The SMILES string of the molecule is CN(C)S(=O)(=O)N[C@@H]1CN(C2=NOC(c3nc(-c4cc(F)c(-c5cc(F)ccc5C5CC(N6C[C@H](F)[C@H](NS(C)(=O)=O)C6)=NO5)c(F)c4)c(F)cc3-c3c(F)cc(F)cc3F)C2)C[C@@H]1F. The van der Waals surface area contributed by atoms with Gasteiger partial charge in [0.15, 0.2) is 12.2 Å². The highest BCUT2D eigenvalue weighted by Gasteiger charge is 2.42. The summed E-state index contributed by atoms with van der Waals surface area (Å²) in [6.07, 6.45) is -5.32. The molecular weight excluding hydrogens is 924 g/mol. The van der Waals surface area contributed by atoms with Crippen molar-refractivity contribution in [3.63, 3.8) is 0 Å². The minimum atomic E-state index is -4.05. The average molecular weight is 961 g/mol. The molecule has 0 aliphatic carbocycles. The number of halogens is 9. The van der Waals surface area contributed by atoms with Gasteiger partial charge in [-0.25, -0.2) is 57.6 Å². The maximum absolute atomic E-state index is 16.3. The summed E-state index contributed by atoms with van der Waals surface area (Å²) in [5.41, 5.74) is -4.34. The summed E-state index contributed by atoms with van der Waals surface area (Å²) in [5, 5.41) is 7.94. The van der Waals surface area contributed by atoms with Gasteiger partial charge in [0.2, 0.25) is 10.0 Å². The molecule has 14 nitrogen and oxygen atoms in total. The van der Waals surface area contributed by atoms with E-state index in [2.05, 4.69) is 24.7 Å². The van der Waals surface area contributed by atoms with Crippen molar-refractivity contribution in [2.24, 2.45) is 10.3 Å². The molecule has 3 aromatic carbocycles. The number of amidine groups is 2. The van der Waals surface area contributed by atoms with Gasteiger partial charge < -0.3 is 19.5 Å². The van der Waals surface area contributed by atoms with E-state index in [0.29, 0.717) is 30.3 Å². The average Bonchev–Trinajstić information content (AvgIpc) is 4.02. The van der Waals surface area contributed by atoms with Gasteiger partial charge in [-0.3, -0.25) is 0 Å². The van der Waals surface area contributed by atoms with E-state index in [1.807, 2.05) is 0 Å². The fourth-order valence-electron chi connectivity index (χ4n) is 8.10. The smallest absolute Gasteiger partial charge is 0.279 e. The lowest BCUT2D eigenvalue weighted by Gasteiger charge is -2.20. The molecule has 0 spiro atoms. The fourth-order valence-corrected chi connectivity index (χ4v) is 9.69. The van der Waals surface area contributed by atoms with Crippen molar-refractivity contribution in [3.05, 3.63) is 101 Å². The number of benzene rings is 3. The second kappa shape index (κ2) is 17.4. The molecule has 4 aromatic rings. The third-order valence-corrected chi connectivity index (χ3v) is 13.5. The molecule has 4 aliphatic heterocycles. The lowest BCUT2D eigenvalue weighted by Crippen LogP contribution is -2.46. The number of alkyl halides is 2. The van der Waals surface area contributed by atoms with Crippen molar-refractivity contribution in [3.8, 4) is 33.5 Å². The van der Waals surface area contributed by atoms with Crippen LogP contribution in [0.3, 0.4) is 0 Å². The van der Waals surface area contributed by atoms with Gasteiger partial charge in [0.05, 0.1) is 61.1 Å². The molecule has 65 heavy (non-hydrogen) atoms. The van der Waals surface area contributed by atoms with Gasteiger partial charge in [-0.05, 0) is 35.9 Å². The zero-order chi connectivity index (χ0) is 46.9. The highest BCUT2D eigenvalue weighted by atomic mass is 32.2. The Morgan fingerprint density at radius 3 is 1.74 bits per heavy atom. The summed E-state index contributed by atoms with van der Waals surface area (Å²) < 4.78 is 192. The highest BCUT2D eigenvalue weighted by Crippen LogP contribution is 2.43. The van der Waals surface area contributed by atoms with Crippen LogP contribution in [-0.2, 0) is 29.9 Å². The van der Waals surface area contributed by atoms with Crippen LogP contribution in [0, 0.1) is 40.7 Å². The monoisotopic (exact) mass is 960 g/mol. The topological polar surface area (TPSA) is 158 Å². The third kappa shape index (κ3) is 9.33. The lowest BCUT2D eigenvalue weighted by atomic mass is 9.92. The molecule has 25 heteroatoms. The van der Waals surface area contributed by atoms with Crippen LogP contribution in [0.25, 0.3) is 33.5 Å². The van der Waals surface area contributed by atoms with E-state index in [4.69, 9.17) is 9.68 Å². The van der Waals surface area contributed by atoms with Crippen LogP contribution in [0.2, 0.25) is 0 Å². The van der Waals surface area contributed by atoms with Crippen molar-refractivity contribution >= 4 is 31.9 Å². The largest absolute Gasteiger partial charge is 0.386 e. The quantitative estimate of drug-likeness (QED) is 0.193. The molecule has 5 heterocycles. The van der Waals surface area contributed by atoms with Crippen LogP contribution in [0.15, 0.2) is 58.8 Å². The van der Waals surface area contributed by atoms with Crippen molar-refractivity contribution in [2.45, 2.75) is 49.5 Å². The van der Waals surface area contributed by atoms with Crippen molar-refractivity contribution in [2.75, 3.05) is 46.5 Å². The predicted molar refractivity (Wildman–Crippen MR) is 216 cm³/mol. The maximum Gasteiger partial charge on any atom is 0.279 e. The zero-order valence-electron chi connectivity index (χ0n) is 34.2. The number of likely N-dealkylation sites (tertiary alicyclic amines) is 2. The number of nitrogens with zero attached hydrogens (tertiary/aromatic N) is 6. The van der Waals surface area contributed by atoms with Crippen LogP contribution < -0.4 is 9.44 Å². The second-order valence-electron chi connectivity index (χ2n) is 16.0. The van der Waals surface area contributed by atoms with E-state index < -0.39 is 131 Å². The van der Waals surface area contributed by atoms with Crippen molar-refractivity contribution in [1.29, 1.82) is 0 Å².